The summed E-state index contributed by atoms with van der Waals surface area (Å²) in [6.45, 7) is 0.554. The Bertz CT molecular complexity index is 133. The minimum atomic E-state index is -0.324. The molecule has 0 aromatic heterocycles. The summed E-state index contributed by atoms with van der Waals surface area (Å²) in [7, 11) is 1.55. The lowest BCUT2D eigenvalue weighted by molar-refractivity contribution is -0.157. The van der Waals surface area contributed by atoms with Crippen molar-refractivity contribution in [2.75, 3.05) is 13.7 Å². The van der Waals surface area contributed by atoms with E-state index in [4.69, 9.17) is 9.47 Å². The second kappa shape index (κ2) is 4.34. The van der Waals surface area contributed by atoms with Gasteiger partial charge in [-0.05, 0) is 19.3 Å². The second-order valence-corrected chi connectivity index (χ2v) is 2.74. The predicted octanol–water partition coefficient (Wildman–Crippen LogP) is 1.12. The molecular formula is C8H14O3. The van der Waals surface area contributed by atoms with Gasteiger partial charge in [0, 0.05) is 7.11 Å². The minimum Gasteiger partial charge on any atom is -0.464 e. The van der Waals surface area contributed by atoms with Gasteiger partial charge in [-0.25, -0.2) is 4.79 Å². The topological polar surface area (TPSA) is 35.5 Å². The van der Waals surface area contributed by atoms with Crippen molar-refractivity contribution in [3.05, 3.63) is 0 Å². The number of carbonyl (C=O) groups excluding carboxylic acids is 1. The third-order valence-electron chi connectivity index (χ3n) is 1.90. The van der Waals surface area contributed by atoms with Gasteiger partial charge < -0.3 is 9.47 Å². The maximum absolute atomic E-state index is 11.1. The molecular weight excluding hydrogens is 144 g/mol. The van der Waals surface area contributed by atoms with Crippen molar-refractivity contribution in [3.63, 3.8) is 0 Å². The molecule has 1 aliphatic rings. The highest BCUT2D eigenvalue weighted by molar-refractivity contribution is 5.74. The van der Waals surface area contributed by atoms with Crippen LogP contribution in [0.4, 0.5) is 0 Å². The van der Waals surface area contributed by atoms with E-state index in [2.05, 4.69) is 0 Å². The first-order valence-electron chi connectivity index (χ1n) is 4.04. The van der Waals surface area contributed by atoms with Crippen LogP contribution in [0.3, 0.4) is 0 Å². The number of hydrogen-bond acceptors (Lipinski definition) is 3. The summed E-state index contributed by atoms with van der Waals surface area (Å²) in [5, 5.41) is 0. The van der Waals surface area contributed by atoms with Gasteiger partial charge in [-0.2, -0.15) is 0 Å². The Hall–Kier alpha value is -0.570. The van der Waals surface area contributed by atoms with Gasteiger partial charge in [0.25, 0.3) is 0 Å². The van der Waals surface area contributed by atoms with Crippen molar-refractivity contribution in [1.29, 1.82) is 0 Å². The average molecular weight is 158 g/mol. The molecule has 0 aliphatic carbocycles. The third-order valence-corrected chi connectivity index (χ3v) is 1.90. The third kappa shape index (κ3) is 2.50. The van der Waals surface area contributed by atoms with Gasteiger partial charge in [0.15, 0.2) is 6.10 Å². The van der Waals surface area contributed by atoms with Crippen LogP contribution in [0.2, 0.25) is 0 Å². The smallest absolute Gasteiger partial charge is 0.335 e. The van der Waals surface area contributed by atoms with E-state index < -0.39 is 0 Å². The van der Waals surface area contributed by atoms with E-state index in [1.165, 1.54) is 0 Å². The first kappa shape index (κ1) is 8.53. The van der Waals surface area contributed by atoms with E-state index in [1.807, 2.05) is 0 Å². The molecule has 0 N–H and O–H groups in total. The molecule has 1 saturated heterocycles. The predicted molar refractivity (Wildman–Crippen MR) is 40.2 cm³/mol. The van der Waals surface area contributed by atoms with Gasteiger partial charge in [0.1, 0.15) is 0 Å². The molecule has 0 spiro atoms. The largest absolute Gasteiger partial charge is 0.464 e. The maximum Gasteiger partial charge on any atom is 0.335 e. The first-order valence-corrected chi connectivity index (χ1v) is 4.04. The zero-order chi connectivity index (χ0) is 8.10. The van der Waals surface area contributed by atoms with Crippen molar-refractivity contribution in [2.24, 2.45) is 0 Å². The molecule has 0 aromatic carbocycles. The van der Waals surface area contributed by atoms with Crippen LogP contribution in [-0.2, 0) is 14.3 Å². The lowest BCUT2D eigenvalue weighted by atomic mass is 10.1. The Balaban J connectivity index is 2.39. The first-order chi connectivity index (χ1) is 5.34. The Morgan fingerprint density at radius 3 is 3.00 bits per heavy atom. The van der Waals surface area contributed by atoms with Crippen LogP contribution in [0.5, 0.6) is 0 Å². The number of hydrogen-bond donors (Lipinski definition) is 0. The molecule has 3 nitrogen and oxygen atoms in total. The molecule has 0 radical (unpaired) electrons. The van der Waals surface area contributed by atoms with Gasteiger partial charge in [-0.1, -0.05) is 6.42 Å². The second-order valence-electron chi connectivity index (χ2n) is 2.74. The number of cyclic esters (lactones) is 1. The van der Waals surface area contributed by atoms with Gasteiger partial charge in [-0.15, -0.1) is 0 Å². The fourth-order valence-electron chi connectivity index (χ4n) is 1.21. The number of ether oxygens (including phenoxy) is 2. The number of esters is 1. The summed E-state index contributed by atoms with van der Waals surface area (Å²) < 4.78 is 9.89. The van der Waals surface area contributed by atoms with Crippen LogP contribution in [0.25, 0.3) is 0 Å². The lowest BCUT2D eigenvalue weighted by Gasteiger charge is -2.16. The molecule has 1 unspecified atom stereocenters. The summed E-state index contributed by atoms with van der Waals surface area (Å²) in [5.74, 6) is -0.202. The molecule has 1 heterocycles. The van der Waals surface area contributed by atoms with E-state index in [1.54, 1.807) is 7.11 Å². The normalized spacial score (nSPS) is 27.0. The standard InChI is InChI=1S/C8H14O3/c1-10-7-5-3-2-4-6-11-8(7)9/h7H,2-6H2,1H3. The number of rotatable bonds is 1. The quantitative estimate of drug-likeness (QED) is 0.536. The molecule has 1 rings (SSSR count). The Morgan fingerprint density at radius 1 is 1.45 bits per heavy atom. The van der Waals surface area contributed by atoms with E-state index >= 15 is 0 Å². The number of carbonyl (C=O) groups is 1. The summed E-state index contributed by atoms with van der Waals surface area (Å²) in [5.41, 5.74) is 0. The Kier molecular flexibility index (Phi) is 3.36. The van der Waals surface area contributed by atoms with E-state index in [0.29, 0.717) is 6.61 Å². The molecule has 1 atom stereocenters. The molecule has 0 saturated carbocycles. The average Bonchev–Trinajstić information content (AvgIpc) is 1.98. The van der Waals surface area contributed by atoms with Crippen LogP contribution in [0, 0.1) is 0 Å². The van der Waals surface area contributed by atoms with E-state index in [0.717, 1.165) is 25.7 Å². The summed E-state index contributed by atoms with van der Waals surface area (Å²) in [6, 6.07) is 0. The van der Waals surface area contributed by atoms with Crippen molar-refractivity contribution in [1.82, 2.24) is 0 Å². The van der Waals surface area contributed by atoms with Crippen molar-refractivity contribution in [3.8, 4) is 0 Å². The molecule has 11 heavy (non-hydrogen) atoms. The van der Waals surface area contributed by atoms with Crippen LogP contribution < -0.4 is 0 Å². The van der Waals surface area contributed by atoms with Crippen LogP contribution in [-0.4, -0.2) is 25.8 Å². The summed E-state index contributed by atoms with van der Waals surface area (Å²) in [4.78, 5) is 11.1. The van der Waals surface area contributed by atoms with Crippen molar-refractivity contribution >= 4 is 5.97 Å². The van der Waals surface area contributed by atoms with Gasteiger partial charge in [-0.3, -0.25) is 0 Å². The Labute approximate surface area is 66.7 Å². The highest BCUT2D eigenvalue weighted by atomic mass is 16.6. The SMILES string of the molecule is COC1CCCCCOC1=O. The molecule has 1 fully saturated rings. The maximum atomic E-state index is 11.1. The van der Waals surface area contributed by atoms with Crippen molar-refractivity contribution in [2.45, 2.75) is 31.8 Å². The lowest BCUT2D eigenvalue weighted by Crippen LogP contribution is -2.27. The molecule has 0 bridgehead atoms. The van der Waals surface area contributed by atoms with Crippen LogP contribution in [0.1, 0.15) is 25.7 Å². The van der Waals surface area contributed by atoms with Gasteiger partial charge >= 0.3 is 5.97 Å². The Morgan fingerprint density at radius 2 is 2.27 bits per heavy atom. The van der Waals surface area contributed by atoms with E-state index in [-0.39, 0.29) is 12.1 Å². The summed E-state index contributed by atoms with van der Waals surface area (Å²) in [6.07, 6.45) is 3.66. The van der Waals surface area contributed by atoms with Crippen LogP contribution in [0.15, 0.2) is 0 Å². The van der Waals surface area contributed by atoms with Crippen molar-refractivity contribution < 1.29 is 14.3 Å². The zero-order valence-electron chi connectivity index (χ0n) is 6.84. The highest BCUT2D eigenvalue weighted by Crippen LogP contribution is 2.11. The zero-order valence-corrected chi connectivity index (χ0v) is 6.84. The fourth-order valence-corrected chi connectivity index (χ4v) is 1.21. The molecule has 1 aliphatic heterocycles. The molecule has 0 amide bonds. The molecule has 64 valence electrons. The minimum absolute atomic E-state index is 0.202. The van der Waals surface area contributed by atoms with Gasteiger partial charge in [0.2, 0.25) is 0 Å². The number of methoxy groups -OCH3 is 1. The van der Waals surface area contributed by atoms with Gasteiger partial charge in [0.05, 0.1) is 6.61 Å². The molecule has 3 heteroatoms. The molecule has 0 aromatic rings. The summed E-state index contributed by atoms with van der Waals surface area (Å²) >= 11 is 0. The highest BCUT2D eigenvalue weighted by Gasteiger charge is 2.20. The van der Waals surface area contributed by atoms with Crippen LogP contribution >= 0.6 is 0 Å². The monoisotopic (exact) mass is 158 g/mol. The fraction of sp³-hybridized carbons (Fsp3) is 0.875. The van der Waals surface area contributed by atoms with E-state index in [9.17, 15) is 4.79 Å².